The van der Waals surface area contributed by atoms with Crippen molar-refractivity contribution in [3.63, 3.8) is 0 Å². The zero-order valence-electron chi connectivity index (χ0n) is 7.83. The minimum absolute atomic E-state index is 0.0166. The van der Waals surface area contributed by atoms with Gasteiger partial charge in [-0.05, 0) is 12.8 Å². The van der Waals surface area contributed by atoms with E-state index in [1.807, 2.05) is 0 Å². The molecule has 4 nitrogen and oxygen atoms in total. The summed E-state index contributed by atoms with van der Waals surface area (Å²) in [4.78, 5) is 10.6. The van der Waals surface area contributed by atoms with Crippen molar-refractivity contribution in [1.29, 1.82) is 0 Å². The van der Waals surface area contributed by atoms with E-state index in [9.17, 15) is 4.79 Å². The van der Waals surface area contributed by atoms with Gasteiger partial charge < -0.3 is 15.2 Å². The number of hydrogen-bond acceptors (Lipinski definition) is 3. The number of carbonyl (C=O) groups is 1. The SMILES string of the molecule is C=C(Br)CNCC1CCC(C(=O)O)O1. The molecule has 1 rings (SSSR count). The lowest BCUT2D eigenvalue weighted by atomic mass is 10.2. The van der Waals surface area contributed by atoms with Gasteiger partial charge in [0.2, 0.25) is 0 Å². The van der Waals surface area contributed by atoms with Crippen LogP contribution in [0.1, 0.15) is 12.8 Å². The average Bonchev–Trinajstić information content (AvgIpc) is 2.52. The van der Waals surface area contributed by atoms with Gasteiger partial charge in [-0.15, -0.1) is 0 Å². The van der Waals surface area contributed by atoms with Gasteiger partial charge in [0.25, 0.3) is 0 Å². The third-order valence-corrected chi connectivity index (χ3v) is 2.35. The van der Waals surface area contributed by atoms with Crippen LogP contribution in [-0.4, -0.2) is 36.4 Å². The summed E-state index contributed by atoms with van der Waals surface area (Å²) in [6.07, 6.45) is 0.812. The summed E-state index contributed by atoms with van der Waals surface area (Å²) in [6.45, 7) is 5.03. The van der Waals surface area contributed by atoms with Crippen LogP contribution in [-0.2, 0) is 9.53 Å². The van der Waals surface area contributed by atoms with Crippen LogP contribution in [0.5, 0.6) is 0 Å². The van der Waals surface area contributed by atoms with E-state index in [0.717, 1.165) is 10.9 Å². The van der Waals surface area contributed by atoms with Gasteiger partial charge in [-0.1, -0.05) is 22.5 Å². The third-order valence-electron chi connectivity index (χ3n) is 2.07. The maximum atomic E-state index is 10.6. The molecular formula is C9H14BrNO3. The van der Waals surface area contributed by atoms with E-state index in [4.69, 9.17) is 9.84 Å². The molecule has 14 heavy (non-hydrogen) atoms. The van der Waals surface area contributed by atoms with Crippen molar-refractivity contribution in [2.24, 2.45) is 0 Å². The molecule has 0 aromatic heterocycles. The second kappa shape index (κ2) is 5.48. The number of carboxylic acids is 1. The highest BCUT2D eigenvalue weighted by molar-refractivity contribution is 9.11. The molecule has 0 spiro atoms. The van der Waals surface area contributed by atoms with Crippen LogP contribution < -0.4 is 5.32 Å². The zero-order chi connectivity index (χ0) is 10.6. The maximum absolute atomic E-state index is 10.6. The van der Waals surface area contributed by atoms with Crippen molar-refractivity contribution in [1.82, 2.24) is 5.32 Å². The summed E-state index contributed by atoms with van der Waals surface area (Å²) in [5.74, 6) is -0.864. The van der Waals surface area contributed by atoms with Gasteiger partial charge in [-0.2, -0.15) is 0 Å². The molecule has 0 aromatic carbocycles. The Balaban J connectivity index is 2.16. The van der Waals surface area contributed by atoms with Crippen molar-refractivity contribution in [3.05, 3.63) is 11.1 Å². The van der Waals surface area contributed by atoms with Gasteiger partial charge in [-0.3, -0.25) is 0 Å². The first-order valence-corrected chi connectivity index (χ1v) is 5.31. The molecule has 0 amide bonds. The van der Waals surface area contributed by atoms with E-state index in [-0.39, 0.29) is 6.10 Å². The molecule has 2 unspecified atom stereocenters. The molecule has 1 aliphatic heterocycles. The number of ether oxygens (including phenoxy) is 1. The number of halogens is 1. The third kappa shape index (κ3) is 3.77. The first kappa shape index (κ1) is 11.7. The monoisotopic (exact) mass is 263 g/mol. The Morgan fingerprint density at radius 2 is 2.36 bits per heavy atom. The Morgan fingerprint density at radius 3 is 2.86 bits per heavy atom. The molecule has 0 bridgehead atoms. The minimum atomic E-state index is -0.864. The second-order valence-electron chi connectivity index (χ2n) is 3.31. The summed E-state index contributed by atoms with van der Waals surface area (Å²) in [7, 11) is 0. The molecule has 0 aliphatic carbocycles. The van der Waals surface area contributed by atoms with E-state index in [2.05, 4.69) is 27.8 Å². The molecule has 0 aromatic rings. The van der Waals surface area contributed by atoms with Gasteiger partial charge in [0, 0.05) is 17.6 Å². The van der Waals surface area contributed by atoms with Crippen molar-refractivity contribution in [3.8, 4) is 0 Å². The fraction of sp³-hybridized carbons (Fsp3) is 0.667. The average molecular weight is 264 g/mol. The number of aliphatic carboxylic acids is 1. The molecule has 1 fully saturated rings. The summed E-state index contributed by atoms with van der Waals surface area (Å²) >= 11 is 3.23. The van der Waals surface area contributed by atoms with E-state index < -0.39 is 12.1 Å². The Kier molecular flexibility index (Phi) is 4.57. The number of carboxylic acid groups (broad SMARTS) is 1. The Labute approximate surface area is 91.5 Å². The molecule has 2 atom stereocenters. The van der Waals surface area contributed by atoms with Crippen molar-refractivity contribution in [2.75, 3.05) is 13.1 Å². The first-order chi connectivity index (χ1) is 6.59. The van der Waals surface area contributed by atoms with Crippen LogP contribution in [0.3, 0.4) is 0 Å². The number of nitrogens with one attached hydrogen (secondary N) is 1. The standard InChI is InChI=1S/C9H14BrNO3/c1-6(10)4-11-5-7-2-3-8(14-7)9(12)13/h7-8,11H,1-5H2,(H,12,13). The predicted octanol–water partition coefficient (Wildman–Crippen LogP) is 1.12. The fourth-order valence-electron chi connectivity index (χ4n) is 1.41. The van der Waals surface area contributed by atoms with Crippen LogP contribution in [0.4, 0.5) is 0 Å². The number of rotatable bonds is 5. The topological polar surface area (TPSA) is 58.6 Å². The molecule has 1 heterocycles. The van der Waals surface area contributed by atoms with Gasteiger partial charge in [0.05, 0.1) is 6.10 Å². The van der Waals surface area contributed by atoms with Crippen LogP contribution in [0.15, 0.2) is 11.1 Å². The summed E-state index contributed by atoms with van der Waals surface area (Å²) in [6, 6.07) is 0. The van der Waals surface area contributed by atoms with E-state index in [1.54, 1.807) is 0 Å². The van der Waals surface area contributed by atoms with Gasteiger partial charge in [-0.25, -0.2) is 4.79 Å². The highest BCUT2D eigenvalue weighted by Gasteiger charge is 2.29. The van der Waals surface area contributed by atoms with Crippen LogP contribution in [0.2, 0.25) is 0 Å². The van der Waals surface area contributed by atoms with Crippen LogP contribution >= 0.6 is 15.9 Å². The Bertz CT molecular complexity index is 232. The Morgan fingerprint density at radius 1 is 1.64 bits per heavy atom. The zero-order valence-corrected chi connectivity index (χ0v) is 9.42. The summed E-state index contributed by atoms with van der Waals surface area (Å²) < 4.78 is 6.18. The summed E-state index contributed by atoms with van der Waals surface area (Å²) in [5, 5.41) is 11.8. The van der Waals surface area contributed by atoms with Crippen molar-refractivity contribution >= 4 is 21.9 Å². The highest BCUT2D eigenvalue weighted by Crippen LogP contribution is 2.19. The van der Waals surface area contributed by atoms with Crippen molar-refractivity contribution < 1.29 is 14.6 Å². The van der Waals surface area contributed by atoms with Gasteiger partial charge >= 0.3 is 5.97 Å². The largest absolute Gasteiger partial charge is 0.479 e. The molecule has 1 saturated heterocycles. The lowest BCUT2D eigenvalue weighted by Crippen LogP contribution is -2.29. The maximum Gasteiger partial charge on any atom is 0.332 e. The number of hydrogen-bond donors (Lipinski definition) is 2. The molecule has 5 heteroatoms. The predicted molar refractivity (Wildman–Crippen MR) is 56.5 cm³/mol. The Hall–Kier alpha value is -0.390. The molecule has 80 valence electrons. The first-order valence-electron chi connectivity index (χ1n) is 4.52. The van der Waals surface area contributed by atoms with E-state index in [0.29, 0.717) is 19.5 Å². The fourth-order valence-corrected chi connectivity index (χ4v) is 1.60. The normalized spacial score (nSPS) is 26.4. The molecule has 0 radical (unpaired) electrons. The molecule has 2 N–H and O–H groups in total. The molecule has 0 saturated carbocycles. The smallest absolute Gasteiger partial charge is 0.332 e. The van der Waals surface area contributed by atoms with E-state index in [1.165, 1.54) is 0 Å². The quantitative estimate of drug-likeness (QED) is 0.781. The van der Waals surface area contributed by atoms with Crippen LogP contribution in [0.25, 0.3) is 0 Å². The highest BCUT2D eigenvalue weighted by atomic mass is 79.9. The lowest BCUT2D eigenvalue weighted by molar-refractivity contribution is -0.149. The summed E-state index contributed by atoms with van der Waals surface area (Å²) in [5.41, 5.74) is 0. The van der Waals surface area contributed by atoms with E-state index >= 15 is 0 Å². The second-order valence-corrected chi connectivity index (χ2v) is 4.43. The molecule has 1 aliphatic rings. The van der Waals surface area contributed by atoms with Gasteiger partial charge in [0.15, 0.2) is 6.10 Å². The lowest BCUT2D eigenvalue weighted by Gasteiger charge is -2.11. The van der Waals surface area contributed by atoms with Crippen molar-refractivity contribution in [2.45, 2.75) is 25.0 Å². The minimum Gasteiger partial charge on any atom is -0.479 e. The molecular weight excluding hydrogens is 250 g/mol. The van der Waals surface area contributed by atoms with Gasteiger partial charge in [0.1, 0.15) is 0 Å². The van der Waals surface area contributed by atoms with Crippen LogP contribution in [0, 0.1) is 0 Å².